The van der Waals surface area contributed by atoms with Gasteiger partial charge in [-0.25, -0.2) is 13.8 Å². The van der Waals surface area contributed by atoms with E-state index in [1.807, 2.05) is 35.9 Å². The molecule has 1 aromatic heterocycles. The highest BCUT2D eigenvalue weighted by atomic mass is 32.2. The molecule has 0 atom stereocenters. The van der Waals surface area contributed by atoms with E-state index >= 15 is 0 Å². The zero-order valence-corrected chi connectivity index (χ0v) is 13.7. The van der Waals surface area contributed by atoms with Gasteiger partial charge in [0.1, 0.15) is 5.82 Å². The van der Waals surface area contributed by atoms with E-state index < -0.39 is 11.6 Å². The largest absolute Gasteiger partial charge is 0.348 e. The molecule has 0 fully saturated rings. The van der Waals surface area contributed by atoms with E-state index in [1.165, 1.54) is 6.07 Å². The molecule has 0 aliphatic heterocycles. The van der Waals surface area contributed by atoms with E-state index in [0.29, 0.717) is 11.4 Å². The van der Waals surface area contributed by atoms with Crippen molar-refractivity contribution < 1.29 is 13.6 Å². The van der Waals surface area contributed by atoms with E-state index in [4.69, 9.17) is 0 Å². The standard InChI is InChI=1S/C17H15F2N3OS/c1-22-15-5-3-2-4-14(15)21-16(22)9-20-17(23)10-24-11-6-7-12(18)13(19)8-11/h2-8H,9-10H2,1H3,(H,20,23). The molecule has 0 unspecified atom stereocenters. The molecule has 0 saturated carbocycles. The van der Waals surface area contributed by atoms with E-state index in [-0.39, 0.29) is 11.7 Å². The van der Waals surface area contributed by atoms with Gasteiger partial charge >= 0.3 is 0 Å². The number of nitrogens with one attached hydrogen (secondary N) is 1. The smallest absolute Gasteiger partial charge is 0.230 e. The summed E-state index contributed by atoms with van der Waals surface area (Å²) in [5.41, 5.74) is 1.87. The minimum absolute atomic E-state index is 0.120. The number of fused-ring (bicyclic) bond motifs is 1. The van der Waals surface area contributed by atoms with Gasteiger partial charge in [-0.15, -0.1) is 11.8 Å². The number of hydrogen-bond donors (Lipinski definition) is 1. The molecular weight excluding hydrogens is 332 g/mol. The average molecular weight is 347 g/mol. The molecule has 1 N–H and O–H groups in total. The van der Waals surface area contributed by atoms with Crippen molar-refractivity contribution in [3.63, 3.8) is 0 Å². The lowest BCUT2D eigenvalue weighted by atomic mass is 10.3. The molecule has 0 aliphatic carbocycles. The minimum Gasteiger partial charge on any atom is -0.348 e. The average Bonchev–Trinajstić information content (AvgIpc) is 2.90. The van der Waals surface area contributed by atoms with Gasteiger partial charge < -0.3 is 9.88 Å². The Hall–Kier alpha value is -2.41. The van der Waals surface area contributed by atoms with Crippen LogP contribution in [0.4, 0.5) is 8.78 Å². The quantitative estimate of drug-likeness (QED) is 0.721. The number of aromatic nitrogens is 2. The van der Waals surface area contributed by atoms with Crippen molar-refractivity contribution in [2.75, 3.05) is 5.75 Å². The van der Waals surface area contributed by atoms with Crippen LogP contribution in [0.3, 0.4) is 0 Å². The summed E-state index contributed by atoms with van der Waals surface area (Å²) in [6, 6.07) is 11.3. The number of para-hydroxylation sites is 2. The van der Waals surface area contributed by atoms with Gasteiger partial charge in [0.2, 0.25) is 5.91 Å². The summed E-state index contributed by atoms with van der Waals surface area (Å²) in [6.07, 6.45) is 0. The van der Waals surface area contributed by atoms with Crippen molar-refractivity contribution in [2.45, 2.75) is 11.4 Å². The third-order valence-electron chi connectivity index (χ3n) is 3.58. The summed E-state index contributed by atoms with van der Waals surface area (Å²) < 4.78 is 27.9. The van der Waals surface area contributed by atoms with Crippen molar-refractivity contribution in [1.82, 2.24) is 14.9 Å². The van der Waals surface area contributed by atoms with Gasteiger partial charge in [0.15, 0.2) is 11.6 Å². The number of imidazole rings is 1. The Morgan fingerprint density at radius 1 is 1.21 bits per heavy atom. The van der Waals surface area contributed by atoms with E-state index in [0.717, 1.165) is 40.8 Å². The normalized spacial score (nSPS) is 11.0. The molecule has 0 radical (unpaired) electrons. The summed E-state index contributed by atoms with van der Waals surface area (Å²) in [5.74, 6) is -1.14. The zero-order chi connectivity index (χ0) is 17.1. The van der Waals surface area contributed by atoms with Gasteiger partial charge in [0.05, 0.1) is 23.3 Å². The fourth-order valence-electron chi connectivity index (χ4n) is 2.30. The molecule has 0 aliphatic rings. The molecule has 24 heavy (non-hydrogen) atoms. The van der Waals surface area contributed by atoms with Crippen molar-refractivity contribution in [2.24, 2.45) is 7.05 Å². The predicted molar refractivity (Wildman–Crippen MR) is 89.6 cm³/mol. The maximum absolute atomic E-state index is 13.1. The Labute approximate surface area is 141 Å². The second-order valence-electron chi connectivity index (χ2n) is 5.22. The summed E-state index contributed by atoms with van der Waals surface area (Å²) >= 11 is 1.15. The first-order chi connectivity index (χ1) is 11.5. The third-order valence-corrected chi connectivity index (χ3v) is 4.58. The first-order valence-electron chi connectivity index (χ1n) is 7.29. The van der Waals surface area contributed by atoms with Crippen LogP contribution in [0.25, 0.3) is 11.0 Å². The number of hydrogen-bond acceptors (Lipinski definition) is 3. The van der Waals surface area contributed by atoms with Gasteiger partial charge in [-0.1, -0.05) is 12.1 Å². The molecule has 2 aromatic carbocycles. The van der Waals surface area contributed by atoms with Gasteiger partial charge in [0, 0.05) is 11.9 Å². The fraction of sp³-hybridized carbons (Fsp3) is 0.176. The highest BCUT2D eigenvalue weighted by Crippen LogP contribution is 2.20. The molecule has 0 saturated heterocycles. The number of carbonyl (C=O) groups is 1. The number of carbonyl (C=O) groups excluding carboxylic acids is 1. The Kier molecular flexibility index (Phi) is 4.80. The Morgan fingerprint density at radius 3 is 2.75 bits per heavy atom. The van der Waals surface area contributed by atoms with Crippen LogP contribution in [0.15, 0.2) is 47.4 Å². The molecule has 0 bridgehead atoms. The fourth-order valence-corrected chi connectivity index (χ4v) is 3.05. The van der Waals surface area contributed by atoms with E-state index in [1.54, 1.807) is 0 Å². The molecule has 1 heterocycles. The zero-order valence-electron chi connectivity index (χ0n) is 12.9. The second-order valence-corrected chi connectivity index (χ2v) is 6.27. The number of aryl methyl sites for hydroxylation is 1. The lowest BCUT2D eigenvalue weighted by Crippen LogP contribution is -2.26. The van der Waals surface area contributed by atoms with Crippen LogP contribution < -0.4 is 5.32 Å². The lowest BCUT2D eigenvalue weighted by molar-refractivity contribution is -0.118. The Bertz CT molecular complexity index is 895. The van der Waals surface area contributed by atoms with Crippen LogP contribution in [0.1, 0.15) is 5.82 Å². The van der Waals surface area contributed by atoms with Crippen LogP contribution in [0.5, 0.6) is 0 Å². The molecule has 3 aromatic rings. The van der Waals surface area contributed by atoms with E-state index in [9.17, 15) is 13.6 Å². The van der Waals surface area contributed by atoms with Crippen LogP contribution in [-0.2, 0) is 18.4 Å². The molecule has 4 nitrogen and oxygen atoms in total. The highest BCUT2D eigenvalue weighted by Gasteiger charge is 2.10. The van der Waals surface area contributed by atoms with Gasteiger partial charge in [-0.2, -0.15) is 0 Å². The molecule has 124 valence electrons. The number of benzene rings is 2. The van der Waals surface area contributed by atoms with Crippen molar-refractivity contribution in [3.8, 4) is 0 Å². The van der Waals surface area contributed by atoms with Gasteiger partial charge in [-0.3, -0.25) is 4.79 Å². The Balaban J connectivity index is 1.56. The maximum atomic E-state index is 13.1. The number of nitrogens with zero attached hydrogens (tertiary/aromatic N) is 2. The summed E-state index contributed by atoms with van der Waals surface area (Å²) in [4.78, 5) is 16.9. The van der Waals surface area contributed by atoms with Crippen molar-refractivity contribution >= 4 is 28.7 Å². The molecule has 7 heteroatoms. The SMILES string of the molecule is Cn1c(CNC(=O)CSc2ccc(F)c(F)c2)nc2ccccc21. The minimum atomic E-state index is -0.917. The van der Waals surface area contributed by atoms with Gasteiger partial charge in [0.25, 0.3) is 0 Å². The highest BCUT2D eigenvalue weighted by molar-refractivity contribution is 8.00. The topological polar surface area (TPSA) is 46.9 Å². The monoisotopic (exact) mass is 347 g/mol. The maximum Gasteiger partial charge on any atom is 0.230 e. The van der Waals surface area contributed by atoms with Crippen LogP contribution in [-0.4, -0.2) is 21.2 Å². The second kappa shape index (κ2) is 7.00. The molecule has 3 rings (SSSR count). The predicted octanol–water partition coefficient (Wildman–Crippen LogP) is 3.26. The number of halogens is 2. The first-order valence-corrected chi connectivity index (χ1v) is 8.28. The van der Waals surface area contributed by atoms with E-state index in [2.05, 4.69) is 10.3 Å². The number of rotatable bonds is 5. The van der Waals surface area contributed by atoms with Crippen LogP contribution in [0.2, 0.25) is 0 Å². The van der Waals surface area contributed by atoms with Crippen molar-refractivity contribution in [3.05, 3.63) is 59.9 Å². The third kappa shape index (κ3) is 3.56. The number of thioether (sulfide) groups is 1. The van der Waals surface area contributed by atoms with Crippen molar-refractivity contribution in [1.29, 1.82) is 0 Å². The molecule has 0 spiro atoms. The van der Waals surface area contributed by atoms with Crippen LogP contribution in [0, 0.1) is 11.6 Å². The Morgan fingerprint density at radius 2 is 2.00 bits per heavy atom. The van der Waals surface area contributed by atoms with Gasteiger partial charge in [-0.05, 0) is 30.3 Å². The van der Waals surface area contributed by atoms with Crippen LogP contribution >= 0.6 is 11.8 Å². The number of amides is 1. The summed E-state index contributed by atoms with van der Waals surface area (Å²) in [6.45, 7) is 0.308. The summed E-state index contributed by atoms with van der Waals surface area (Å²) in [7, 11) is 1.90. The molecule has 1 amide bonds. The summed E-state index contributed by atoms with van der Waals surface area (Å²) in [5, 5.41) is 2.79. The molecular formula is C17H15F2N3OS. The first kappa shape index (κ1) is 16.4. The lowest BCUT2D eigenvalue weighted by Gasteiger charge is -2.06.